The Morgan fingerprint density at radius 2 is 1.75 bits per heavy atom. The number of hydrazone groups is 1. The number of anilines is 1. The number of aliphatic imine (C=N–C) groups is 1. The van der Waals surface area contributed by atoms with Crippen LogP contribution in [-0.2, 0) is 4.79 Å². The Kier molecular flexibility index (Phi) is 4.60. The third kappa shape index (κ3) is 3.36. The number of aryl methyl sites for hydroxylation is 1. The number of amidine groups is 2. The Labute approximate surface area is 167 Å². The molecule has 2 aromatic carbocycles. The number of benzene rings is 2. The number of hydrogen-bond acceptors (Lipinski definition) is 5. The maximum absolute atomic E-state index is 12.5. The number of fused-ring (bicyclic) bond motifs is 1. The molecule has 2 aliphatic heterocycles. The number of amides is 1. The van der Waals surface area contributed by atoms with E-state index in [4.69, 9.17) is 5.41 Å². The van der Waals surface area contributed by atoms with Crippen LogP contribution in [0.5, 0.6) is 0 Å². The van der Waals surface area contributed by atoms with Crippen LogP contribution in [0.2, 0.25) is 0 Å². The fourth-order valence-corrected chi connectivity index (χ4v) is 3.74. The molecule has 6 nitrogen and oxygen atoms in total. The second-order valence-electron chi connectivity index (χ2n) is 6.78. The summed E-state index contributed by atoms with van der Waals surface area (Å²) in [6.45, 7) is 2.03. The highest BCUT2D eigenvalue weighted by atomic mass is 32.2. The Bertz CT molecular complexity index is 1050. The molecule has 0 unspecified atom stereocenters. The lowest BCUT2D eigenvalue weighted by molar-refractivity contribution is -0.114. The monoisotopic (exact) mass is 389 g/mol. The summed E-state index contributed by atoms with van der Waals surface area (Å²) in [5, 5.41) is 15.6. The van der Waals surface area contributed by atoms with E-state index >= 15 is 0 Å². The van der Waals surface area contributed by atoms with Gasteiger partial charge in [-0.15, -0.1) is 0 Å². The summed E-state index contributed by atoms with van der Waals surface area (Å²) in [6, 6.07) is 15.8. The molecule has 0 spiro atoms. The van der Waals surface area contributed by atoms with Crippen LogP contribution in [0, 0.1) is 12.3 Å². The number of carbonyl (C=O) groups is 1. The Morgan fingerprint density at radius 3 is 2.39 bits per heavy atom. The molecule has 4 rings (SSSR count). The summed E-state index contributed by atoms with van der Waals surface area (Å²) < 4.78 is 0. The van der Waals surface area contributed by atoms with Gasteiger partial charge in [-0.2, -0.15) is 15.1 Å². The van der Waals surface area contributed by atoms with Gasteiger partial charge in [-0.05, 0) is 42.5 Å². The van der Waals surface area contributed by atoms with Gasteiger partial charge in [-0.3, -0.25) is 10.2 Å². The van der Waals surface area contributed by atoms with Crippen LogP contribution in [0.25, 0.3) is 6.08 Å². The highest BCUT2D eigenvalue weighted by Crippen LogP contribution is 2.31. The van der Waals surface area contributed by atoms with Crippen molar-refractivity contribution in [2.24, 2.45) is 10.1 Å². The largest absolute Gasteiger partial charge is 0.378 e. The second kappa shape index (κ2) is 7.09. The number of nitrogens with one attached hydrogen (secondary N) is 1. The molecule has 1 N–H and O–H groups in total. The van der Waals surface area contributed by atoms with Gasteiger partial charge < -0.3 is 4.90 Å². The quantitative estimate of drug-likeness (QED) is 0.812. The maximum atomic E-state index is 12.5. The smallest absolute Gasteiger partial charge is 0.283 e. The molecule has 7 heteroatoms. The van der Waals surface area contributed by atoms with Gasteiger partial charge in [0.25, 0.3) is 5.91 Å². The standard InChI is InChI=1S/C21H19N5OS/c1-13-4-8-15(9-5-13)20-24-26-18(22)17(19(27)23-21(26)28-20)12-14-6-10-16(11-7-14)25(2)3/h4-12,22H,1-3H3/b17-12-,22-18?. The van der Waals surface area contributed by atoms with E-state index in [0.717, 1.165) is 27.4 Å². The molecule has 0 aliphatic carbocycles. The molecule has 0 aromatic heterocycles. The van der Waals surface area contributed by atoms with Crippen LogP contribution >= 0.6 is 11.8 Å². The topological polar surface area (TPSA) is 72.1 Å². The van der Waals surface area contributed by atoms with E-state index in [9.17, 15) is 4.79 Å². The molecular weight excluding hydrogens is 370 g/mol. The summed E-state index contributed by atoms with van der Waals surface area (Å²) in [4.78, 5) is 18.7. The molecule has 0 saturated carbocycles. The molecular formula is C21H19N5OS. The summed E-state index contributed by atoms with van der Waals surface area (Å²) in [5.74, 6) is -0.373. The van der Waals surface area contributed by atoms with Crippen molar-refractivity contribution in [3.05, 3.63) is 70.8 Å². The molecule has 2 heterocycles. The lowest BCUT2D eigenvalue weighted by Crippen LogP contribution is -2.35. The van der Waals surface area contributed by atoms with Crippen LogP contribution in [-0.4, -0.2) is 41.1 Å². The first-order valence-electron chi connectivity index (χ1n) is 8.77. The average molecular weight is 389 g/mol. The van der Waals surface area contributed by atoms with Crippen molar-refractivity contribution in [3.8, 4) is 0 Å². The van der Waals surface area contributed by atoms with Gasteiger partial charge in [-0.25, -0.2) is 0 Å². The van der Waals surface area contributed by atoms with Gasteiger partial charge >= 0.3 is 0 Å². The van der Waals surface area contributed by atoms with E-state index in [0.29, 0.717) is 5.17 Å². The molecule has 28 heavy (non-hydrogen) atoms. The molecule has 0 fully saturated rings. The predicted molar refractivity (Wildman–Crippen MR) is 116 cm³/mol. The third-order valence-electron chi connectivity index (χ3n) is 4.47. The van der Waals surface area contributed by atoms with E-state index in [1.165, 1.54) is 16.8 Å². The Balaban J connectivity index is 1.64. The van der Waals surface area contributed by atoms with Gasteiger partial charge in [0, 0.05) is 25.3 Å². The van der Waals surface area contributed by atoms with Gasteiger partial charge in [0.1, 0.15) is 5.04 Å². The van der Waals surface area contributed by atoms with Crippen molar-refractivity contribution in [2.75, 3.05) is 19.0 Å². The molecule has 0 atom stereocenters. The molecule has 2 aromatic rings. The van der Waals surface area contributed by atoms with E-state index in [1.807, 2.05) is 74.4 Å². The van der Waals surface area contributed by atoms with Crippen LogP contribution in [0.4, 0.5) is 5.69 Å². The maximum Gasteiger partial charge on any atom is 0.283 e. The van der Waals surface area contributed by atoms with Crippen molar-refractivity contribution < 1.29 is 4.79 Å². The van der Waals surface area contributed by atoms with Crippen molar-refractivity contribution in [2.45, 2.75) is 6.92 Å². The highest BCUT2D eigenvalue weighted by molar-refractivity contribution is 8.27. The number of thioether (sulfide) groups is 1. The van der Waals surface area contributed by atoms with Crippen molar-refractivity contribution in [3.63, 3.8) is 0 Å². The third-order valence-corrected chi connectivity index (χ3v) is 5.43. The molecule has 0 saturated heterocycles. The molecule has 2 aliphatic rings. The van der Waals surface area contributed by atoms with Crippen molar-refractivity contribution in [1.29, 1.82) is 5.41 Å². The predicted octanol–water partition coefficient (Wildman–Crippen LogP) is 3.73. The first kappa shape index (κ1) is 18.2. The van der Waals surface area contributed by atoms with Gasteiger partial charge in [0.2, 0.25) is 5.17 Å². The SMILES string of the molecule is Cc1ccc(C2=NN3C(=N)/C(=C/c4ccc(N(C)C)cc4)C(=O)N=C3S2)cc1. The summed E-state index contributed by atoms with van der Waals surface area (Å²) in [5.41, 5.74) is 4.24. The fourth-order valence-electron chi connectivity index (χ4n) is 2.84. The molecule has 140 valence electrons. The number of nitrogens with zero attached hydrogens (tertiary/aromatic N) is 4. The number of hydrogen-bond donors (Lipinski definition) is 1. The number of rotatable bonds is 3. The normalized spacial score (nSPS) is 17.5. The zero-order chi connectivity index (χ0) is 19.8. The second-order valence-corrected chi connectivity index (χ2v) is 7.73. The Hall–Kier alpha value is -3.19. The molecule has 1 amide bonds. The van der Waals surface area contributed by atoms with E-state index in [2.05, 4.69) is 10.1 Å². The van der Waals surface area contributed by atoms with Gasteiger partial charge in [0.15, 0.2) is 5.84 Å². The Morgan fingerprint density at radius 1 is 1.07 bits per heavy atom. The van der Waals surface area contributed by atoms with Crippen LogP contribution in [0.3, 0.4) is 0 Å². The minimum atomic E-state index is -0.416. The first-order valence-corrected chi connectivity index (χ1v) is 9.59. The fraction of sp³-hybridized carbons (Fsp3) is 0.143. The zero-order valence-electron chi connectivity index (χ0n) is 15.8. The van der Waals surface area contributed by atoms with E-state index in [-0.39, 0.29) is 11.4 Å². The van der Waals surface area contributed by atoms with E-state index < -0.39 is 5.91 Å². The first-order chi connectivity index (χ1) is 13.4. The molecule has 0 radical (unpaired) electrons. The number of carbonyl (C=O) groups excluding carboxylic acids is 1. The molecule has 0 bridgehead atoms. The minimum Gasteiger partial charge on any atom is -0.378 e. The van der Waals surface area contributed by atoms with Crippen molar-refractivity contribution in [1.82, 2.24) is 5.01 Å². The lowest BCUT2D eigenvalue weighted by Gasteiger charge is -2.20. The summed E-state index contributed by atoms with van der Waals surface area (Å²) in [6.07, 6.45) is 1.69. The van der Waals surface area contributed by atoms with Crippen molar-refractivity contribution >= 4 is 45.5 Å². The lowest BCUT2D eigenvalue weighted by atomic mass is 10.1. The van der Waals surface area contributed by atoms with Gasteiger partial charge in [-0.1, -0.05) is 42.0 Å². The van der Waals surface area contributed by atoms with Crippen LogP contribution in [0.15, 0.2) is 64.2 Å². The average Bonchev–Trinajstić information content (AvgIpc) is 3.10. The summed E-state index contributed by atoms with van der Waals surface area (Å²) in [7, 11) is 3.94. The van der Waals surface area contributed by atoms with Crippen LogP contribution in [0.1, 0.15) is 16.7 Å². The highest BCUT2D eigenvalue weighted by Gasteiger charge is 2.35. The van der Waals surface area contributed by atoms with E-state index in [1.54, 1.807) is 6.08 Å². The minimum absolute atomic E-state index is 0.0429. The summed E-state index contributed by atoms with van der Waals surface area (Å²) >= 11 is 1.31. The zero-order valence-corrected chi connectivity index (χ0v) is 16.6. The van der Waals surface area contributed by atoms with Gasteiger partial charge in [0.05, 0.1) is 5.57 Å². The van der Waals surface area contributed by atoms with Crippen LogP contribution < -0.4 is 4.90 Å².